The van der Waals surface area contributed by atoms with Crippen LogP contribution in [0.5, 0.6) is 0 Å². The molecule has 1 aromatic heterocycles. The molecule has 0 fully saturated rings. The zero-order valence-corrected chi connectivity index (χ0v) is 15.3. The normalized spacial score (nSPS) is 12.4. The highest BCUT2D eigenvalue weighted by molar-refractivity contribution is 7.99. The van der Waals surface area contributed by atoms with Crippen LogP contribution in [0.15, 0.2) is 4.90 Å². The molecule has 0 saturated carbocycles. The first-order valence-corrected chi connectivity index (χ1v) is 9.86. The Morgan fingerprint density at radius 1 is 1.38 bits per heavy atom. The van der Waals surface area contributed by atoms with Gasteiger partial charge in [0.25, 0.3) is 0 Å². The number of rotatable bonds is 10. The third-order valence-electron chi connectivity index (χ3n) is 3.77. The van der Waals surface area contributed by atoms with Crippen molar-refractivity contribution in [3.63, 3.8) is 0 Å². The summed E-state index contributed by atoms with van der Waals surface area (Å²) in [5, 5.41) is 4.59. The fourth-order valence-corrected chi connectivity index (χ4v) is 4.35. The molecule has 0 aliphatic rings. The smallest absolute Gasteiger partial charge is 0.174 e. The van der Waals surface area contributed by atoms with E-state index in [1.165, 1.54) is 37.0 Å². The van der Waals surface area contributed by atoms with Crippen molar-refractivity contribution < 1.29 is 4.79 Å². The van der Waals surface area contributed by atoms with E-state index in [1.807, 2.05) is 13.2 Å². The van der Waals surface area contributed by atoms with Crippen molar-refractivity contribution >= 4 is 39.6 Å². The fraction of sp³-hybridized carbons (Fsp3) is 0.688. The van der Waals surface area contributed by atoms with E-state index < -0.39 is 0 Å². The largest absolute Gasteiger partial charge is 0.396 e. The van der Waals surface area contributed by atoms with Crippen LogP contribution < -0.4 is 11.1 Å². The molecule has 120 valence electrons. The minimum atomic E-state index is 0.138. The summed E-state index contributed by atoms with van der Waals surface area (Å²) in [5.74, 6) is 0.826. The molecule has 1 unspecified atom stereocenters. The second kappa shape index (κ2) is 9.36. The number of thioether (sulfide) groups is 1. The zero-order valence-electron chi connectivity index (χ0n) is 13.6. The van der Waals surface area contributed by atoms with Crippen molar-refractivity contribution in [3.8, 4) is 0 Å². The highest BCUT2D eigenvalue weighted by atomic mass is 32.2. The van der Waals surface area contributed by atoms with Crippen LogP contribution >= 0.6 is 23.1 Å². The van der Waals surface area contributed by atoms with Crippen LogP contribution in [0.1, 0.15) is 62.5 Å². The molecular formula is C16H28N2OS2. The molecule has 5 heteroatoms. The summed E-state index contributed by atoms with van der Waals surface area (Å²) in [4.78, 5) is 13.7. The SMILES string of the molecule is CCCCC(CC)CNc1sc(C(=O)CC)c(N)c1SC. The maximum atomic E-state index is 11.9. The van der Waals surface area contributed by atoms with E-state index in [4.69, 9.17) is 5.73 Å². The molecule has 1 atom stereocenters. The number of hydrogen-bond acceptors (Lipinski definition) is 5. The van der Waals surface area contributed by atoms with E-state index in [1.54, 1.807) is 11.8 Å². The highest BCUT2D eigenvalue weighted by Crippen LogP contribution is 2.42. The van der Waals surface area contributed by atoms with Crippen LogP contribution in [-0.2, 0) is 0 Å². The van der Waals surface area contributed by atoms with E-state index in [2.05, 4.69) is 19.2 Å². The van der Waals surface area contributed by atoms with Crippen LogP contribution in [-0.4, -0.2) is 18.6 Å². The van der Waals surface area contributed by atoms with Gasteiger partial charge in [0.1, 0.15) is 5.00 Å². The number of unbranched alkanes of at least 4 members (excludes halogenated alkanes) is 1. The molecule has 21 heavy (non-hydrogen) atoms. The predicted octanol–water partition coefficient (Wildman–Crippen LogP) is 5.27. The lowest BCUT2D eigenvalue weighted by molar-refractivity contribution is 0.0992. The number of carbonyl (C=O) groups excluding carboxylic acids is 1. The summed E-state index contributed by atoms with van der Waals surface area (Å²) in [5.41, 5.74) is 6.79. The Balaban J connectivity index is 2.80. The van der Waals surface area contributed by atoms with E-state index in [0.717, 1.165) is 16.4 Å². The molecule has 3 N–H and O–H groups in total. The fourth-order valence-electron chi connectivity index (χ4n) is 2.30. The Labute approximate surface area is 137 Å². The number of ketones is 1. The molecule has 0 aliphatic heterocycles. The van der Waals surface area contributed by atoms with Crippen molar-refractivity contribution in [3.05, 3.63) is 4.88 Å². The zero-order chi connectivity index (χ0) is 15.8. The van der Waals surface area contributed by atoms with Crippen molar-refractivity contribution in [1.29, 1.82) is 0 Å². The quantitative estimate of drug-likeness (QED) is 0.453. The molecule has 3 nitrogen and oxygen atoms in total. The van der Waals surface area contributed by atoms with Crippen LogP contribution in [0.3, 0.4) is 0 Å². The lowest BCUT2D eigenvalue weighted by Crippen LogP contribution is -2.13. The molecule has 0 spiro atoms. The Hall–Kier alpha value is -0.680. The van der Waals surface area contributed by atoms with Gasteiger partial charge in [0.15, 0.2) is 5.78 Å². The first-order chi connectivity index (χ1) is 10.1. The topological polar surface area (TPSA) is 55.1 Å². The van der Waals surface area contributed by atoms with Gasteiger partial charge in [-0.25, -0.2) is 0 Å². The van der Waals surface area contributed by atoms with Crippen molar-refractivity contribution in [1.82, 2.24) is 0 Å². The summed E-state index contributed by atoms with van der Waals surface area (Å²) in [6.07, 6.45) is 7.49. The number of carbonyl (C=O) groups is 1. The maximum absolute atomic E-state index is 11.9. The standard InChI is InChI=1S/C16H28N2OS2/c1-5-8-9-11(6-2)10-18-16-15(20-4)13(17)14(21-16)12(19)7-3/h11,18H,5-10,17H2,1-4H3. The molecule has 0 aliphatic carbocycles. The number of Topliss-reactive ketones (excluding diaryl/α,β-unsaturated/α-hetero) is 1. The molecule has 0 saturated heterocycles. The number of nitrogen functional groups attached to an aromatic ring is 1. The van der Waals surface area contributed by atoms with Gasteiger partial charge in [0.2, 0.25) is 0 Å². The number of thiophene rings is 1. The Morgan fingerprint density at radius 3 is 2.62 bits per heavy atom. The maximum Gasteiger partial charge on any atom is 0.174 e. The number of nitrogens with two attached hydrogens (primary N) is 1. The van der Waals surface area contributed by atoms with Gasteiger partial charge in [0, 0.05) is 13.0 Å². The minimum Gasteiger partial charge on any atom is -0.396 e. The summed E-state index contributed by atoms with van der Waals surface area (Å²) in [7, 11) is 0. The van der Waals surface area contributed by atoms with E-state index in [-0.39, 0.29) is 5.78 Å². The van der Waals surface area contributed by atoms with Crippen molar-refractivity contribution in [2.24, 2.45) is 5.92 Å². The third kappa shape index (κ3) is 4.92. The highest BCUT2D eigenvalue weighted by Gasteiger charge is 2.20. The van der Waals surface area contributed by atoms with E-state index >= 15 is 0 Å². The second-order valence-electron chi connectivity index (χ2n) is 5.28. The van der Waals surface area contributed by atoms with Crippen molar-refractivity contribution in [2.45, 2.75) is 57.8 Å². The Bertz CT molecular complexity index is 457. The van der Waals surface area contributed by atoms with Crippen LogP contribution in [0.4, 0.5) is 10.7 Å². The first kappa shape index (κ1) is 18.4. The molecule has 1 rings (SSSR count). The van der Waals surface area contributed by atoms with Crippen LogP contribution in [0.2, 0.25) is 0 Å². The lowest BCUT2D eigenvalue weighted by atomic mass is 9.99. The van der Waals surface area contributed by atoms with Gasteiger partial charge in [-0.1, -0.05) is 40.0 Å². The van der Waals surface area contributed by atoms with Gasteiger partial charge in [0.05, 0.1) is 15.5 Å². The molecule has 0 radical (unpaired) electrons. The molecule has 1 aromatic rings. The monoisotopic (exact) mass is 328 g/mol. The van der Waals surface area contributed by atoms with Gasteiger partial charge >= 0.3 is 0 Å². The Morgan fingerprint density at radius 2 is 2.10 bits per heavy atom. The molecule has 1 heterocycles. The second-order valence-corrected chi connectivity index (χ2v) is 7.12. The van der Waals surface area contributed by atoms with Gasteiger partial charge in [-0.05, 0) is 18.6 Å². The first-order valence-electron chi connectivity index (χ1n) is 7.82. The van der Waals surface area contributed by atoms with E-state index in [9.17, 15) is 4.79 Å². The van der Waals surface area contributed by atoms with Gasteiger partial charge < -0.3 is 11.1 Å². The number of hydrogen-bond donors (Lipinski definition) is 2. The average Bonchev–Trinajstić information content (AvgIpc) is 2.82. The number of nitrogens with one attached hydrogen (secondary N) is 1. The summed E-state index contributed by atoms with van der Waals surface area (Å²) < 4.78 is 0. The van der Waals surface area contributed by atoms with Gasteiger partial charge in [-0.15, -0.1) is 23.1 Å². The summed E-state index contributed by atoms with van der Waals surface area (Å²) >= 11 is 3.13. The van der Waals surface area contributed by atoms with Gasteiger partial charge in [-0.2, -0.15) is 0 Å². The van der Waals surface area contributed by atoms with Crippen LogP contribution in [0.25, 0.3) is 0 Å². The van der Waals surface area contributed by atoms with E-state index in [0.29, 0.717) is 22.9 Å². The van der Waals surface area contributed by atoms with Crippen molar-refractivity contribution in [2.75, 3.05) is 23.9 Å². The molecular weight excluding hydrogens is 300 g/mol. The summed E-state index contributed by atoms with van der Waals surface area (Å²) in [6.45, 7) is 7.32. The minimum absolute atomic E-state index is 0.138. The molecule has 0 bridgehead atoms. The predicted molar refractivity (Wildman–Crippen MR) is 96.9 cm³/mol. The number of anilines is 2. The summed E-state index contributed by atoms with van der Waals surface area (Å²) in [6, 6.07) is 0. The van der Waals surface area contributed by atoms with Gasteiger partial charge in [-0.3, -0.25) is 4.79 Å². The Kier molecular flexibility index (Phi) is 8.19. The lowest BCUT2D eigenvalue weighted by Gasteiger charge is -2.15. The molecule has 0 amide bonds. The third-order valence-corrected chi connectivity index (χ3v) is 5.94. The molecule has 0 aromatic carbocycles. The average molecular weight is 329 g/mol. The van der Waals surface area contributed by atoms with Crippen LogP contribution in [0, 0.1) is 5.92 Å².